The average molecular weight is 306 g/mol. The molecular weight excluding hydrogens is 284 g/mol. The molecule has 2 aliphatic rings. The van der Waals surface area contributed by atoms with E-state index in [-0.39, 0.29) is 0 Å². The van der Waals surface area contributed by atoms with Crippen LogP contribution < -0.4 is 10.5 Å². The molecule has 2 bridgehead atoms. The van der Waals surface area contributed by atoms with E-state index in [2.05, 4.69) is 4.90 Å². The van der Waals surface area contributed by atoms with Gasteiger partial charge in [0.15, 0.2) is 0 Å². The molecule has 1 aliphatic carbocycles. The summed E-state index contributed by atoms with van der Waals surface area (Å²) < 4.78 is 5.63. The summed E-state index contributed by atoms with van der Waals surface area (Å²) in [6.07, 6.45) is 3.52. The van der Waals surface area contributed by atoms with Crippen molar-refractivity contribution in [3.8, 4) is 5.75 Å². The highest BCUT2D eigenvalue weighted by molar-refractivity contribution is 7.80. The molecule has 1 aliphatic heterocycles. The average Bonchev–Trinajstić information content (AvgIpc) is 3.08. The van der Waals surface area contributed by atoms with Gasteiger partial charge in [-0.15, -0.1) is 0 Å². The summed E-state index contributed by atoms with van der Waals surface area (Å²) in [4.78, 5) is 2.80. The molecule has 1 saturated carbocycles. The molecule has 21 heavy (non-hydrogen) atoms. The Morgan fingerprint density at radius 3 is 2.71 bits per heavy atom. The number of piperidine rings is 1. The van der Waals surface area contributed by atoms with Gasteiger partial charge in [-0.3, -0.25) is 4.90 Å². The van der Waals surface area contributed by atoms with Crippen LogP contribution in [0.1, 0.15) is 24.8 Å². The lowest BCUT2D eigenvalue weighted by Gasteiger charge is -2.28. The van der Waals surface area contributed by atoms with Crippen LogP contribution in [0, 0.1) is 5.92 Å². The van der Waals surface area contributed by atoms with Crippen molar-refractivity contribution in [3.63, 3.8) is 0 Å². The maximum Gasteiger partial charge on any atom is 0.119 e. The first-order valence-corrected chi connectivity index (χ1v) is 7.97. The van der Waals surface area contributed by atoms with Crippen LogP contribution in [0.3, 0.4) is 0 Å². The van der Waals surface area contributed by atoms with Crippen LogP contribution >= 0.6 is 12.2 Å². The Kier molecular flexibility index (Phi) is 4.42. The zero-order chi connectivity index (χ0) is 14.8. The predicted molar refractivity (Wildman–Crippen MR) is 86.5 cm³/mol. The highest BCUT2D eigenvalue weighted by Crippen LogP contribution is 2.37. The number of β-amino-alcohol motifs (C(OH)–C–C–N with tert-alkyl or cyclic N) is 1. The Morgan fingerprint density at radius 2 is 2.14 bits per heavy atom. The summed E-state index contributed by atoms with van der Waals surface area (Å²) in [7, 11) is 0. The van der Waals surface area contributed by atoms with E-state index in [0.29, 0.717) is 24.2 Å². The van der Waals surface area contributed by atoms with Crippen LogP contribution in [-0.2, 0) is 0 Å². The fourth-order valence-electron chi connectivity index (χ4n) is 3.48. The number of nitrogens with zero attached hydrogens (tertiary/aromatic N) is 1. The monoisotopic (exact) mass is 306 g/mol. The maximum atomic E-state index is 10.1. The van der Waals surface area contributed by atoms with Crippen LogP contribution in [0.25, 0.3) is 0 Å². The van der Waals surface area contributed by atoms with E-state index in [1.165, 1.54) is 19.3 Å². The van der Waals surface area contributed by atoms with Gasteiger partial charge in [0.2, 0.25) is 0 Å². The quantitative estimate of drug-likeness (QED) is 0.781. The molecule has 3 atom stereocenters. The Bertz CT molecular complexity index is 506. The third-order valence-electron chi connectivity index (χ3n) is 4.55. The van der Waals surface area contributed by atoms with E-state index >= 15 is 0 Å². The van der Waals surface area contributed by atoms with E-state index in [0.717, 1.165) is 23.8 Å². The zero-order valence-corrected chi connectivity index (χ0v) is 12.9. The first-order chi connectivity index (χ1) is 10.1. The number of aliphatic hydroxyl groups excluding tert-OH is 1. The number of hydrogen-bond acceptors (Lipinski definition) is 4. The number of fused-ring (bicyclic) bond motifs is 2. The van der Waals surface area contributed by atoms with Crippen LogP contribution in [-0.4, -0.2) is 46.8 Å². The molecule has 3 rings (SSSR count). The smallest absolute Gasteiger partial charge is 0.119 e. The number of aliphatic hydroxyl groups is 1. The molecule has 1 aromatic rings. The van der Waals surface area contributed by atoms with Crippen molar-refractivity contribution in [3.05, 3.63) is 29.8 Å². The molecule has 5 heteroatoms. The Balaban J connectivity index is 1.45. The van der Waals surface area contributed by atoms with Crippen LogP contribution in [0.5, 0.6) is 5.75 Å². The lowest BCUT2D eigenvalue weighted by molar-refractivity contribution is 0.0573. The molecule has 1 heterocycles. The van der Waals surface area contributed by atoms with E-state index in [1.807, 2.05) is 24.3 Å². The first-order valence-electron chi connectivity index (χ1n) is 7.56. The first kappa shape index (κ1) is 14.8. The summed E-state index contributed by atoms with van der Waals surface area (Å²) >= 11 is 4.91. The second-order valence-electron chi connectivity index (χ2n) is 6.14. The molecular formula is C16H22N2O2S. The van der Waals surface area contributed by atoms with E-state index in [1.54, 1.807) is 0 Å². The Labute approximate surface area is 130 Å². The normalized spacial score (nSPS) is 26.0. The minimum absolute atomic E-state index is 0.320. The minimum atomic E-state index is -0.445. The summed E-state index contributed by atoms with van der Waals surface area (Å²) in [6, 6.07) is 8.03. The highest BCUT2D eigenvalue weighted by Gasteiger charge is 2.38. The van der Waals surface area contributed by atoms with Crippen molar-refractivity contribution in [2.24, 2.45) is 11.7 Å². The zero-order valence-electron chi connectivity index (χ0n) is 12.1. The standard InChI is InChI=1S/C16H22N2O2S/c17-16(21)12-2-5-15(6-3-12)20-10-14(19)9-18-8-11-1-4-13(18)7-11/h2-3,5-6,11,13-14,19H,1,4,7-10H2,(H2,17,21). The lowest BCUT2D eigenvalue weighted by Crippen LogP contribution is -2.40. The number of thiocarbonyl (C=S) groups is 1. The van der Waals surface area contributed by atoms with Gasteiger partial charge < -0.3 is 15.6 Å². The van der Waals surface area contributed by atoms with Crippen molar-refractivity contribution in [2.75, 3.05) is 19.7 Å². The Hall–Kier alpha value is -1.17. The molecule has 0 amide bonds. The molecule has 1 saturated heterocycles. The topological polar surface area (TPSA) is 58.7 Å². The van der Waals surface area contributed by atoms with Gasteiger partial charge in [0.25, 0.3) is 0 Å². The Morgan fingerprint density at radius 1 is 1.38 bits per heavy atom. The molecule has 114 valence electrons. The molecule has 4 nitrogen and oxygen atoms in total. The van der Waals surface area contributed by atoms with Gasteiger partial charge in [0, 0.05) is 24.7 Å². The molecule has 0 radical (unpaired) electrons. The molecule has 3 unspecified atom stereocenters. The van der Waals surface area contributed by atoms with Crippen LogP contribution in [0.15, 0.2) is 24.3 Å². The minimum Gasteiger partial charge on any atom is -0.491 e. The molecule has 1 aromatic carbocycles. The number of benzene rings is 1. The van der Waals surface area contributed by atoms with Crippen molar-refractivity contribution < 1.29 is 9.84 Å². The lowest BCUT2D eigenvalue weighted by atomic mass is 10.1. The summed E-state index contributed by atoms with van der Waals surface area (Å²) in [5, 5.41) is 10.1. The molecule has 3 N–H and O–H groups in total. The third kappa shape index (κ3) is 3.54. The third-order valence-corrected chi connectivity index (χ3v) is 4.78. The van der Waals surface area contributed by atoms with Gasteiger partial charge in [0.1, 0.15) is 23.4 Å². The number of nitrogens with two attached hydrogens (primary N) is 1. The van der Waals surface area contributed by atoms with Crippen LogP contribution in [0.2, 0.25) is 0 Å². The number of rotatable bonds is 6. The van der Waals surface area contributed by atoms with Gasteiger partial charge in [-0.05, 0) is 49.4 Å². The van der Waals surface area contributed by atoms with E-state index in [9.17, 15) is 5.11 Å². The van der Waals surface area contributed by atoms with Gasteiger partial charge in [-0.1, -0.05) is 12.2 Å². The largest absolute Gasteiger partial charge is 0.491 e. The fraction of sp³-hybridized carbons (Fsp3) is 0.562. The van der Waals surface area contributed by atoms with Gasteiger partial charge >= 0.3 is 0 Å². The molecule has 0 aromatic heterocycles. The van der Waals surface area contributed by atoms with Gasteiger partial charge in [-0.25, -0.2) is 0 Å². The predicted octanol–water partition coefficient (Wildman–Crippen LogP) is 1.54. The van der Waals surface area contributed by atoms with Crippen molar-refractivity contribution in [2.45, 2.75) is 31.4 Å². The summed E-state index contributed by atoms with van der Waals surface area (Å²) in [6.45, 7) is 2.18. The number of hydrogen-bond donors (Lipinski definition) is 2. The number of likely N-dealkylation sites (tertiary alicyclic amines) is 1. The van der Waals surface area contributed by atoms with Gasteiger partial charge in [-0.2, -0.15) is 0 Å². The van der Waals surface area contributed by atoms with E-state index in [4.69, 9.17) is 22.7 Å². The van der Waals surface area contributed by atoms with Crippen LogP contribution in [0.4, 0.5) is 0 Å². The fourth-order valence-corrected chi connectivity index (χ4v) is 3.62. The van der Waals surface area contributed by atoms with Crippen molar-refractivity contribution in [1.82, 2.24) is 4.90 Å². The van der Waals surface area contributed by atoms with Gasteiger partial charge in [0.05, 0.1) is 0 Å². The number of ether oxygens (including phenoxy) is 1. The molecule has 2 fully saturated rings. The molecule has 0 spiro atoms. The summed E-state index contributed by atoms with van der Waals surface area (Å²) in [5.41, 5.74) is 6.38. The maximum absolute atomic E-state index is 10.1. The second-order valence-corrected chi connectivity index (χ2v) is 6.58. The second kappa shape index (κ2) is 6.30. The van der Waals surface area contributed by atoms with Crippen molar-refractivity contribution in [1.29, 1.82) is 0 Å². The SMILES string of the molecule is NC(=S)c1ccc(OCC(O)CN2CC3CCC2C3)cc1. The highest BCUT2D eigenvalue weighted by atomic mass is 32.1. The van der Waals surface area contributed by atoms with Crippen molar-refractivity contribution >= 4 is 17.2 Å². The summed E-state index contributed by atoms with van der Waals surface area (Å²) in [5.74, 6) is 1.59. The van der Waals surface area contributed by atoms with E-state index < -0.39 is 6.10 Å².